The van der Waals surface area contributed by atoms with Gasteiger partial charge in [0.2, 0.25) is 0 Å². The normalized spacial score (nSPS) is 10.1. The van der Waals surface area contributed by atoms with Gasteiger partial charge in [0.25, 0.3) is 0 Å². The largest absolute Gasteiger partial charge is 0.466 e. The maximum absolute atomic E-state index is 11.0. The van der Waals surface area contributed by atoms with Crippen molar-refractivity contribution in [3.8, 4) is 0 Å². The number of hydrogen-bond donors (Lipinski definition) is 1. The van der Waals surface area contributed by atoms with Crippen LogP contribution in [0.15, 0.2) is 17.4 Å². The molecule has 16 heavy (non-hydrogen) atoms. The molecule has 0 fully saturated rings. The highest BCUT2D eigenvalue weighted by Gasteiger charge is 2.02. The number of thioether (sulfide) groups is 1. The predicted molar refractivity (Wildman–Crippen MR) is 63.0 cm³/mol. The molecule has 0 saturated heterocycles. The number of nitrogen functional groups attached to an aromatic ring is 1. The summed E-state index contributed by atoms with van der Waals surface area (Å²) in [5.74, 6) is 1.09. The Kier molecular flexibility index (Phi) is 5.63. The fourth-order valence-corrected chi connectivity index (χ4v) is 1.81. The molecule has 88 valence electrons. The van der Waals surface area contributed by atoms with Crippen molar-refractivity contribution in [3.05, 3.63) is 12.3 Å². The molecule has 2 N–H and O–H groups in total. The molecule has 0 aliphatic carbocycles. The van der Waals surface area contributed by atoms with E-state index in [0.29, 0.717) is 24.0 Å². The number of aromatic nitrogens is 2. The number of anilines is 1. The van der Waals surface area contributed by atoms with Crippen molar-refractivity contribution >= 4 is 23.5 Å². The van der Waals surface area contributed by atoms with Crippen LogP contribution in [-0.2, 0) is 9.53 Å². The number of rotatable bonds is 6. The molecule has 1 heterocycles. The van der Waals surface area contributed by atoms with Crippen LogP contribution in [0.5, 0.6) is 0 Å². The molecular weight excluding hydrogens is 226 g/mol. The number of nitrogens with zero attached hydrogens (tertiary/aromatic N) is 2. The van der Waals surface area contributed by atoms with E-state index in [2.05, 4.69) is 9.97 Å². The van der Waals surface area contributed by atoms with Crippen LogP contribution in [0.3, 0.4) is 0 Å². The van der Waals surface area contributed by atoms with E-state index in [0.717, 1.165) is 12.2 Å². The van der Waals surface area contributed by atoms with Gasteiger partial charge in [-0.15, -0.1) is 0 Å². The molecule has 0 aromatic carbocycles. The number of carbonyl (C=O) groups excluding carboxylic acids is 1. The minimum absolute atomic E-state index is 0.156. The van der Waals surface area contributed by atoms with Crippen molar-refractivity contribution in [2.75, 3.05) is 18.1 Å². The van der Waals surface area contributed by atoms with Crippen LogP contribution in [0.25, 0.3) is 0 Å². The fraction of sp³-hybridized carbons (Fsp3) is 0.500. The Morgan fingerprint density at radius 3 is 3.12 bits per heavy atom. The first-order valence-corrected chi connectivity index (χ1v) is 6.08. The number of esters is 1. The Balaban J connectivity index is 2.18. The molecule has 0 aliphatic rings. The summed E-state index contributed by atoms with van der Waals surface area (Å²) >= 11 is 1.48. The average molecular weight is 241 g/mol. The summed E-state index contributed by atoms with van der Waals surface area (Å²) in [4.78, 5) is 19.1. The zero-order valence-electron chi connectivity index (χ0n) is 9.18. The molecule has 1 rings (SSSR count). The maximum Gasteiger partial charge on any atom is 0.305 e. The molecule has 0 radical (unpaired) electrons. The third kappa shape index (κ3) is 4.97. The molecule has 0 spiro atoms. The Morgan fingerprint density at radius 1 is 1.62 bits per heavy atom. The van der Waals surface area contributed by atoms with Crippen molar-refractivity contribution in [2.24, 2.45) is 0 Å². The Morgan fingerprint density at radius 2 is 2.44 bits per heavy atom. The van der Waals surface area contributed by atoms with E-state index in [4.69, 9.17) is 10.5 Å². The van der Waals surface area contributed by atoms with E-state index in [1.54, 1.807) is 19.2 Å². The van der Waals surface area contributed by atoms with Gasteiger partial charge >= 0.3 is 5.97 Å². The van der Waals surface area contributed by atoms with Gasteiger partial charge in [-0.3, -0.25) is 4.79 Å². The monoisotopic (exact) mass is 241 g/mol. The topological polar surface area (TPSA) is 78.1 Å². The summed E-state index contributed by atoms with van der Waals surface area (Å²) in [6.07, 6.45) is 2.81. The lowest BCUT2D eigenvalue weighted by Gasteiger charge is -2.01. The van der Waals surface area contributed by atoms with Crippen molar-refractivity contribution in [2.45, 2.75) is 24.9 Å². The smallest absolute Gasteiger partial charge is 0.305 e. The van der Waals surface area contributed by atoms with Crippen LogP contribution in [0.4, 0.5) is 5.82 Å². The van der Waals surface area contributed by atoms with Crippen LogP contribution in [0.2, 0.25) is 0 Å². The highest BCUT2D eigenvalue weighted by molar-refractivity contribution is 7.99. The number of nitrogens with two attached hydrogens (primary N) is 1. The van der Waals surface area contributed by atoms with Crippen LogP contribution < -0.4 is 5.73 Å². The molecule has 1 aromatic heterocycles. The minimum atomic E-state index is -0.156. The van der Waals surface area contributed by atoms with Crippen molar-refractivity contribution in [1.82, 2.24) is 9.97 Å². The number of carbonyl (C=O) groups is 1. The lowest BCUT2D eigenvalue weighted by molar-refractivity contribution is -0.143. The van der Waals surface area contributed by atoms with Gasteiger partial charge in [0, 0.05) is 18.4 Å². The molecule has 0 atom stereocenters. The molecule has 0 unspecified atom stereocenters. The fourth-order valence-electron chi connectivity index (χ4n) is 1.04. The van der Waals surface area contributed by atoms with E-state index >= 15 is 0 Å². The summed E-state index contributed by atoms with van der Waals surface area (Å²) in [6, 6.07) is 1.64. The van der Waals surface area contributed by atoms with E-state index < -0.39 is 0 Å². The van der Waals surface area contributed by atoms with Gasteiger partial charge < -0.3 is 10.5 Å². The van der Waals surface area contributed by atoms with Gasteiger partial charge in [0.1, 0.15) is 5.82 Å². The molecule has 0 aliphatic heterocycles. The Labute approximate surface area is 98.8 Å². The number of hydrogen-bond acceptors (Lipinski definition) is 6. The predicted octanol–water partition coefficient (Wildman–Crippen LogP) is 1.49. The molecule has 0 saturated carbocycles. The molecule has 6 heteroatoms. The molecular formula is C10H15N3O2S. The quantitative estimate of drug-likeness (QED) is 0.352. The van der Waals surface area contributed by atoms with E-state index in [1.807, 2.05) is 0 Å². The van der Waals surface area contributed by atoms with Gasteiger partial charge in [-0.1, -0.05) is 11.8 Å². The van der Waals surface area contributed by atoms with Gasteiger partial charge in [-0.2, -0.15) is 0 Å². The second kappa shape index (κ2) is 7.05. The zero-order chi connectivity index (χ0) is 11.8. The summed E-state index contributed by atoms with van der Waals surface area (Å²) in [6.45, 7) is 2.23. The summed E-state index contributed by atoms with van der Waals surface area (Å²) in [7, 11) is 0. The Hall–Kier alpha value is -1.30. The first-order valence-electron chi connectivity index (χ1n) is 5.09. The summed E-state index contributed by atoms with van der Waals surface area (Å²) in [5, 5.41) is 0.642. The molecule has 1 aromatic rings. The van der Waals surface area contributed by atoms with Crippen LogP contribution in [0, 0.1) is 0 Å². The second-order valence-electron chi connectivity index (χ2n) is 3.02. The highest BCUT2D eigenvalue weighted by atomic mass is 32.2. The number of ether oxygens (including phenoxy) is 1. The van der Waals surface area contributed by atoms with Crippen molar-refractivity contribution in [1.29, 1.82) is 0 Å². The zero-order valence-corrected chi connectivity index (χ0v) is 10.00. The summed E-state index contributed by atoms with van der Waals surface area (Å²) < 4.78 is 4.81. The van der Waals surface area contributed by atoms with E-state index in [1.165, 1.54) is 11.8 Å². The van der Waals surface area contributed by atoms with Crippen LogP contribution in [0.1, 0.15) is 19.8 Å². The first kappa shape index (κ1) is 12.8. The molecule has 0 amide bonds. The van der Waals surface area contributed by atoms with Crippen molar-refractivity contribution < 1.29 is 9.53 Å². The van der Waals surface area contributed by atoms with Gasteiger partial charge in [0.15, 0.2) is 5.16 Å². The SMILES string of the molecule is CCOC(=O)CCCSc1nccc(N)n1. The standard InChI is InChI=1S/C10H15N3O2S/c1-2-15-9(14)4-3-7-16-10-12-6-5-8(11)13-10/h5-6H,2-4,7H2,1H3,(H2,11,12,13). The lowest BCUT2D eigenvalue weighted by atomic mass is 10.3. The molecule has 5 nitrogen and oxygen atoms in total. The van der Waals surface area contributed by atoms with Gasteiger partial charge in [-0.25, -0.2) is 9.97 Å². The first-order chi connectivity index (χ1) is 7.72. The van der Waals surface area contributed by atoms with Gasteiger partial charge in [0.05, 0.1) is 6.61 Å². The van der Waals surface area contributed by atoms with Gasteiger partial charge in [-0.05, 0) is 19.4 Å². The Bertz CT molecular complexity index is 347. The molecule has 0 bridgehead atoms. The third-order valence-electron chi connectivity index (χ3n) is 1.72. The van der Waals surface area contributed by atoms with Crippen LogP contribution in [-0.4, -0.2) is 28.3 Å². The highest BCUT2D eigenvalue weighted by Crippen LogP contribution is 2.15. The van der Waals surface area contributed by atoms with Crippen molar-refractivity contribution in [3.63, 3.8) is 0 Å². The van der Waals surface area contributed by atoms with Crippen LogP contribution >= 0.6 is 11.8 Å². The third-order valence-corrected chi connectivity index (χ3v) is 2.66. The van der Waals surface area contributed by atoms with E-state index in [-0.39, 0.29) is 5.97 Å². The summed E-state index contributed by atoms with van der Waals surface area (Å²) in [5.41, 5.74) is 5.51. The average Bonchev–Trinajstić information content (AvgIpc) is 2.25. The van der Waals surface area contributed by atoms with E-state index in [9.17, 15) is 4.79 Å². The lowest BCUT2D eigenvalue weighted by Crippen LogP contribution is -2.04. The second-order valence-corrected chi connectivity index (χ2v) is 4.08. The maximum atomic E-state index is 11.0. The minimum Gasteiger partial charge on any atom is -0.466 e.